The number of halogens is 3. The second-order valence-electron chi connectivity index (χ2n) is 12.5. The molecule has 230 valence electrons. The first-order chi connectivity index (χ1) is 20.0. The molecule has 0 bridgehead atoms. The molecule has 1 heterocycles. The lowest BCUT2D eigenvalue weighted by Crippen LogP contribution is -2.44. The summed E-state index contributed by atoms with van der Waals surface area (Å²) >= 11 is 0. The third-order valence-corrected chi connectivity index (χ3v) is 13.4. The molecule has 0 spiro atoms. The molecule has 5 nitrogen and oxygen atoms in total. The fraction of sp³-hybridized carbons (Fsp3) is 0.441. The molecule has 0 saturated carbocycles. The van der Waals surface area contributed by atoms with E-state index in [1.165, 1.54) is 17.0 Å². The van der Waals surface area contributed by atoms with Crippen LogP contribution in [0.15, 0.2) is 54.6 Å². The van der Waals surface area contributed by atoms with Gasteiger partial charge in [-0.2, -0.15) is 13.2 Å². The summed E-state index contributed by atoms with van der Waals surface area (Å²) in [7, 11) is -2.10. The van der Waals surface area contributed by atoms with E-state index in [0.29, 0.717) is 25.0 Å². The van der Waals surface area contributed by atoms with E-state index in [2.05, 4.69) is 50.6 Å². The zero-order valence-electron chi connectivity index (χ0n) is 26.0. The van der Waals surface area contributed by atoms with Crippen LogP contribution in [0, 0.1) is 11.8 Å². The van der Waals surface area contributed by atoms with Crippen molar-refractivity contribution in [3.05, 3.63) is 76.9 Å². The van der Waals surface area contributed by atoms with Gasteiger partial charge in [0.25, 0.3) is 5.91 Å². The van der Waals surface area contributed by atoms with Crippen LogP contribution in [-0.4, -0.2) is 57.0 Å². The molecule has 1 aliphatic rings. The van der Waals surface area contributed by atoms with Gasteiger partial charge in [-0.3, -0.25) is 4.79 Å². The van der Waals surface area contributed by atoms with Gasteiger partial charge >= 0.3 is 6.18 Å². The van der Waals surface area contributed by atoms with Gasteiger partial charge in [0.05, 0.1) is 17.9 Å². The first kappa shape index (κ1) is 32.7. The van der Waals surface area contributed by atoms with Crippen molar-refractivity contribution in [2.75, 3.05) is 37.7 Å². The second kappa shape index (κ2) is 12.1. The van der Waals surface area contributed by atoms with Gasteiger partial charge in [-0.1, -0.05) is 82.9 Å². The molecule has 1 unspecified atom stereocenters. The second-order valence-corrected chi connectivity index (χ2v) is 17.3. The van der Waals surface area contributed by atoms with Crippen molar-refractivity contribution in [2.45, 2.75) is 64.5 Å². The van der Waals surface area contributed by atoms with Gasteiger partial charge in [0.15, 0.2) is 13.9 Å². The normalized spacial score (nSPS) is 17.4. The average Bonchev–Trinajstić information content (AvgIpc) is 3.16. The Morgan fingerprint density at radius 3 is 2.26 bits per heavy atom. The number of carbonyl (C=O) groups excluding carboxylic acids is 1. The lowest BCUT2D eigenvalue weighted by Gasteiger charge is -2.35. The highest BCUT2D eigenvalue weighted by atomic mass is 28.4. The van der Waals surface area contributed by atoms with Crippen molar-refractivity contribution in [3.63, 3.8) is 0 Å². The minimum Gasteiger partial charge on any atom is -0.406 e. The number of aliphatic hydroxyl groups is 1. The quantitative estimate of drug-likeness (QED) is 0.217. The van der Waals surface area contributed by atoms with Crippen molar-refractivity contribution < 1.29 is 27.5 Å². The molecule has 9 heteroatoms. The summed E-state index contributed by atoms with van der Waals surface area (Å²) in [5.74, 6) is 4.93. The van der Waals surface area contributed by atoms with Crippen LogP contribution in [0.2, 0.25) is 18.1 Å². The largest absolute Gasteiger partial charge is 0.416 e. The average molecular weight is 611 g/mol. The summed E-state index contributed by atoms with van der Waals surface area (Å²) < 4.78 is 50.4. The maximum Gasteiger partial charge on any atom is 0.416 e. The Labute approximate surface area is 253 Å². The zero-order valence-corrected chi connectivity index (χ0v) is 27.0. The summed E-state index contributed by atoms with van der Waals surface area (Å²) in [6.45, 7) is 16.5. The fourth-order valence-corrected chi connectivity index (χ4v) is 6.05. The van der Waals surface area contributed by atoms with E-state index in [9.17, 15) is 23.1 Å². The molecule has 0 saturated heterocycles. The summed E-state index contributed by atoms with van der Waals surface area (Å²) in [4.78, 5) is 17.5. The predicted molar refractivity (Wildman–Crippen MR) is 169 cm³/mol. The Balaban J connectivity index is 1.87. The number of nitrogens with zero attached hydrogens (tertiary/aromatic N) is 2. The highest BCUT2D eigenvalue weighted by molar-refractivity contribution is 6.74. The molecule has 0 aliphatic carbocycles. The molecule has 3 aromatic rings. The fourth-order valence-electron chi connectivity index (χ4n) is 5.18. The lowest BCUT2D eigenvalue weighted by molar-refractivity contribution is -0.142. The van der Waals surface area contributed by atoms with Gasteiger partial charge in [0.2, 0.25) is 0 Å². The minimum absolute atomic E-state index is 0.0252. The van der Waals surface area contributed by atoms with Gasteiger partial charge in [-0.15, -0.1) is 0 Å². The van der Waals surface area contributed by atoms with E-state index in [-0.39, 0.29) is 35.0 Å². The van der Waals surface area contributed by atoms with Gasteiger partial charge in [0, 0.05) is 24.2 Å². The number of benzene rings is 3. The molecule has 1 aliphatic heterocycles. The van der Waals surface area contributed by atoms with Gasteiger partial charge in [-0.05, 0) is 65.8 Å². The van der Waals surface area contributed by atoms with Crippen LogP contribution in [0.1, 0.15) is 56.9 Å². The number of anilines is 1. The Morgan fingerprint density at radius 2 is 1.65 bits per heavy atom. The summed E-state index contributed by atoms with van der Waals surface area (Å²) in [6, 6.07) is 14.6. The van der Waals surface area contributed by atoms with Crippen molar-refractivity contribution in [1.82, 2.24) is 4.90 Å². The number of likely N-dealkylation sites (N-methyl/N-ethyl adjacent to an activating group) is 1. The third kappa shape index (κ3) is 6.39. The van der Waals surface area contributed by atoms with Gasteiger partial charge in [0.1, 0.15) is 0 Å². The Hall–Kier alpha value is -3.16. The molecule has 0 fully saturated rings. The van der Waals surface area contributed by atoms with E-state index in [1.807, 2.05) is 26.0 Å². The molecule has 0 radical (unpaired) electrons. The van der Waals surface area contributed by atoms with Gasteiger partial charge in [-0.25, -0.2) is 0 Å². The molecule has 43 heavy (non-hydrogen) atoms. The molecular weight excluding hydrogens is 569 g/mol. The highest BCUT2D eigenvalue weighted by Crippen LogP contribution is 2.51. The van der Waals surface area contributed by atoms with E-state index < -0.39 is 37.1 Å². The molecule has 3 aromatic carbocycles. The molecule has 1 atom stereocenters. The van der Waals surface area contributed by atoms with Crippen LogP contribution >= 0.6 is 0 Å². The molecule has 1 N–H and O–H groups in total. The first-order valence-corrected chi connectivity index (χ1v) is 17.6. The number of rotatable bonds is 8. The maximum absolute atomic E-state index is 14.8. The zero-order chi connectivity index (χ0) is 31.8. The van der Waals surface area contributed by atoms with Crippen LogP contribution in [-0.2, 0) is 21.0 Å². The molecule has 0 aromatic heterocycles. The lowest BCUT2D eigenvalue weighted by atomic mass is 9.83. The van der Waals surface area contributed by atoms with Crippen LogP contribution in [0.25, 0.3) is 10.8 Å². The van der Waals surface area contributed by atoms with Crippen LogP contribution in [0.4, 0.5) is 18.9 Å². The molecule has 4 rings (SSSR count). The van der Waals surface area contributed by atoms with Crippen molar-refractivity contribution in [2.24, 2.45) is 0 Å². The first-order valence-electron chi connectivity index (χ1n) is 14.7. The van der Waals surface area contributed by atoms with E-state index >= 15 is 0 Å². The van der Waals surface area contributed by atoms with E-state index in [0.717, 1.165) is 11.5 Å². The topological polar surface area (TPSA) is 53.0 Å². The third-order valence-electron chi connectivity index (χ3n) is 8.88. The summed E-state index contributed by atoms with van der Waals surface area (Å²) in [5.41, 5.74) is -3.83. The highest BCUT2D eigenvalue weighted by Gasteiger charge is 2.55. The Bertz CT molecular complexity index is 1570. The Kier molecular flexibility index (Phi) is 9.20. The van der Waals surface area contributed by atoms with Crippen LogP contribution in [0.5, 0.6) is 0 Å². The van der Waals surface area contributed by atoms with Crippen LogP contribution in [0.3, 0.4) is 0 Å². The smallest absolute Gasteiger partial charge is 0.406 e. The van der Waals surface area contributed by atoms with Crippen molar-refractivity contribution >= 4 is 30.7 Å². The standard InChI is InChI=1S/C34H41F3N2O3Si/c1-8-38(9-2)18-19-39-29-22-24(13-12-20-42-43(6,7)32(3,4)5)21-28(34(35,36)37)30(29)33(41,31(39)40)27-17-16-25-14-10-11-15-26(25)23-27/h10-11,14-17,21-23,41H,8-9,18-20H2,1-7H3. The number of hydrogen-bond donors (Lipinski definition) is 1. The number of amides is 1. The monoisotopic (exact) mass is 610 g/mol. The van der Waals surface area contributed by atoms with E-state index in [1.54, 1.807) is 24.3 Å². The van der Waals surface area contributed by atoms with Gasteiger partial charge < -0.3 is 19.3 Å². The van der Waals surface area contributed by atoms with Crippen molar-refractivity contribution in [3.8, 4) is 11.8 Å². The number of carbonyl (C=O) groups is 1. The minimum atomic E-state index is -4.85. The van der Waals surface area contributed by atoms with Crippen molar-refractivity contribution in [1.29, 1.82) is 0 Å². The summed E-state index contributed by atoms with van der Waals surface area (Å²) in [5, 5.41) is 13.7. The Morgan fingerprint density at radius 1 is 1.00 bits per heavy atom. The van der Waals surface area contributed by atoms with Crippen LogP contribution < -0.4 is 4.90 Å². The number of fused-ring (bicyclic) bond motifs is 2. The SMILES string of the molecule is CCN(CC)CCN1C(=O)C(O)(c2ccc3ccccc3c2)c2c1cc(C#CCO[Si](C)(C)C(C)(C)C)cc2C(F)(F)F. The molecular formula is C34H41F3N2O3Si. The molecule has 1 amide bonds. The number of hydrogen-bond acceptors (Lipinski definition) is 4. The maximum atomic E-state index is 14.8. The predicted octanol–water partition coefficient (Wildman–Crippen LogP) is 7.16. The van der Waals surface area contributed by atoms with E-state index in [4.69, 9.17) is 4.43 Å². The summed E-state index contributed by atoms with van der Waals surface area (Å²) in [6.07, 6.45) is -4.85. The number of alkyl halides is 3.